The normalized spacial score (nSPS) is 24.7. The van der Waals surface area contributed by atoms with Gasteiger partial charge in [-0.2, -0.15) is 0 Å². The van der Waals surface area contributed by atoms with Crippen molar-refractivity contribution in [1.29, 1.82) is 0 Å². The third-order valence-electron chi connectivity index (χ3n) is 2.43. The van der Waals surface area contributed by atoms with Crippen molar-refractivity contribution in [1.82, 2.24) is 0 Å². The zero-order chi connectivity index (χ0) is 10.7. The van der Waals surface area contributed by atoms with E-state index in [4.69, 9.17) is 4.74 Å². The van der Waals surface area contributed by atoms with Crippen molar-refractivity contribution in [2.45, 2.75) is 18.9 Å². The van der Waals surface area contributed by atoms with E-state index in [1.165, 1.54) is 0 Å². The molecule has 0 radical (unpaired) electrons. The van der Waals surface area contributed by atoms with Gasteiger partial charge in [-0.1, -0.05) is 36.6 Å². The zero-order valence-corrected chi connectivity index (χ0v) is 8.92. The average Bonchev–Trinajstić information content (AvgIpc) is 2.58. The Morgan fingerprint density at radius 1 is 1.33 bits per heavy atom. The summed E-state index contributed by atoms with van der Waals surface area (Å²) in [4.78, 5) is 0. The first-order valence-corrected chi connectivity index (χ1v) is 5.07. The van der Waals surface area contributed by atoms with Crippen LogP contribution in [0.15, 0.2) is 42.5 Å². The van der Waals surface area contributed by atoms with Gasteiger partial charge in [0.2, 0.25) is 0 Å². The Labute approximate surface area is 90.8 Å². The number of benzene rings is 1. The molecule has 76 valence electrons. The van der Waals surface area contributed by atoms with Crippen molar-refractivity contribution >= 4 is 0 Å². The molecular formula is C14H14O. The van der Waals surface area contributed by atoms with Crippen molar-refractivity contribution in [3.8, 4) is 11.8 Å². The average molecular weight is 198 g/mol. The van der Waals surface area contributed by atoms with Crippen LogP contribution in [0, 0.1) is 11.8 Å². The monoisotopic (exact) mass is 198 g/mol. The summed E-state index contributed by atoms with van der Waals surface area (Å²) in [5.41, 5.74) is 1.81. The van der Waals surface area contributed by atoms with E-state index in [2.05, 4.69) is 18.4 Å². The van der Waals surface area contributed by atoms with Crippen molar-refractivity contribution in [3.05, 3.63) is 48.0 Å². The first kappa shape index (κ1) is 10.0. The predicted octanol–water partition coefficient (Wildman–Crippen LogP) is 2.77. The molecule has 0 spiro atoms. The second kappa shape index (κ2) is 3.92. The van der Waals surface area contributed by atoms with E-state index in [0.29, 0.717) is 6.61 Å². The van der Waals surface area contributed by atoms with Gasteiger partial charge in [-0.15, -0.1) is 0 Å². The smallest absolute Gasteiger partial charge is 0.130 e. The fraction of sp³-hybridized carbons (Fsp3) is 0.286. The van der Waals surface area contributed by atoms with Gasteiger partial charge in [0.25, 0.3) is 0 Å². The summed E-state index contributed by atoms with van der Waals surface area (Å²) in [6.45, 7) is 6.57. The fourth-order valence-electron chi connectivity index (χ4n) is 1.65. The van der Waals surface area contributed by atoms with Crippen molar-refractivity contribution in [2.75, 3.05) is 6.61 Å². The Kier molecular flexibility index (Phi) is 2.62. The molecule has 1 unspecified atom stereocenters. The SMILES string of the molecule is C=C1COC(C)(C#Cc2ccccc2)C1. The number of hydrogen-bond acceptors (Lipinski definition) is 1. The largest absolute Gasteiger partial charge is 0.358 e. The summed E-state index contributed by atoms with van der Waals surface area (Å²) in [7, 11) is 0. The summed E-state index contributed by atoms with van der Waals surface area (Å²) in [5, 5.41) is 0. The molecule has 0 saturated carbocycles. The van der Waals surface area contributed by atoms with Gasteiger partial charge in [-0.3, -0.25) is 0 Å². The van der Waals surface area contributed by atoms with Crippen LogP contribution in [0.25, 0.3) is 0 Å². The van der Waals surface area contributed by atoms with Gasteiger partial charge in [-0.05, 0) is 24.6 Å². The van der Waals surface area contributed by atoms with E-state index < -0.39 is 0 Å². The van der Waals surface area contributed by atoms with E-state index in [1.54, 1.807) is 0 Å². The Bertz CT molecular complexity index is 422. The van der Waals surface area contributed by atoms with Crippen LogP contribution < -0.4 is 0 Å². The van der Waals surface area contributed by atoms with E-state index in [-0.39, 0.29) is 5.60 Å². The fourth-order valence-corrected chi connectivity index (χ4v) is 1.65. The summed E-state index contributed by atoms with van der Waals surface area (Å²) in [5.74, 6) is 6.30. The van der Waals surface area contributed by atoms with Crippen LogP contribution in [0.5, 0.6) is 0 Å². The Hall–Kier alpha value is -1.52. The minimum Gasteiger partial charge on any atom is -0.358 e. The highest BCUT2D eigenvalue weighted by atomic mass is 16.5. The van der Waals surface area contributed by atoms with Crippen LogP contribution in [0.2, 0.25) is 0 Å². The van der Waals surface area contributed by atoms with Gasteiger partial charge in [0.1, 0.15) is 5.60 Å². The maximum atomic E-state index is 5.60. The van der Waals surface area contributed by atoms with Gasteiger partial charge in [0, 0.05) is 12.0 Å². The molecule has 1 saturated heterocycles. The molecule has 1 nitrogen and oxygen atoms in total. The molecule has 0 bridgehead atoms. The van der Waals surface area contributed by atoms with E-state index in [0.717, 1.165) is 17.6 Å². The van der Waals surface area contributed by atoms with Gasteiger partial charge < -0.3 is 4.74 Å². The number of ether oxygens (including phenoxy) is 1. The van der Waals surface area contributed by atoms with E-state index >= 15 is 0 Å². The van der Waals surface area contributed by atoms with Crippen LogP contribution in [0.1, 0.15) is 18.9 Å². The highest BCUT2D eigenvalue weighted by Gasteiger charge is 2.29. The van der Waals surface area contributed by atoms with Gasteiger partial charge in [0.05, 0.1) is 6.61 Å². The van der Waals surface area contributed by atoms with E-state index in [9.17, 15) is 0 Å². The molecule has 2 rings (SSSR count). The minimum atomic E-state index is -0.340. The van der Waals surface area contributed by atoms with Crippen molar-refractivity contribution in [3.63, 3.8) is 0 Å². The molecule has 0 N–H and O–H groups in total. The maximum Gasteiger partial charge on any atom is 0.130 e. The number of rotatable bonds is 0. The lowest BCUT2D eigenvalue weighted by molar-refractivity contribution is 0.0712. The summed E-state index contributed by atoms with van der Waals surface area (Å²) < 4.78 is 5.60. The van der Waals surface area contributed by atoms with Gasteiger partial charge in [-0.25, -0.2) is 0 Å². The first-order chi connectivity index (χ1) is 7.18. The molecule has 1 heterocycles. The Morgan fingerprint density at radius 3 is 2.67 bits per heavy atom. The van der Waals surface area contributed by atoms with Crippen LogP contribution >= 0.6 is 0 Å². The standard InChI is InChI=1S/C14H14O/c1-12-10-14(2,15-11-12)9-8-13-6-4-3-5-7-13/h3-7H,1,10-11H2,2H3. The first-order valence-electron chi connectivity index (χ1n) is 5.07. The molecule has 0 aromatic heterocycles. The highest BCUT2D eigenvalue weighted by molar-refractivity contribution is 5.37. The summed E-state index contributed by atoms with van der Waals surface area (Å²) in [6.07, 6.45) is 0.840. The molecular weight excluding hydrogens is 184 g/mol. The molecule has 0 aliphatic carbocycles. The lowest BCUT2D eigenvalue weighted by Gasteiger charge is -2.13. The molecule has 1 atom stereocenters. The van der Waals surface area contributed by atoms with Crippen LogP contribution in [-0.2, 0) is 4.74 Å². The third kappa shape index (κ3) is 2.49. The lowest BCUT2D eigenvalue weighted by Crippen LogP contribution is -2.19. The van der Waals surface area contributed by atoms with Crippen molar-refractivity contribution in [2.24, 2.45) is 0 Å². The maximum absolute atomic E-state index is 5.60. The highest BCUT2D eigenvalue weighted by Crippen LogP contribution is 2.27. The zero-order valence-electron chi connectivity index (χ0n) is 8.92. The second-order valence-corrected chi connectivity index (χ2v) is 4.06. The van der Waals surface area contributed by atoms with Gasteiger partial charge >= 0.3 is 0 Å². The van der Waals surface area contributed by atoms with Crippen molar-refractivity contribution < 1.29 is 4.74 Å². The molecule has 0 amide bonds. The lowest BCUT2D eigenvalue weighted by atomic mass is 10.0. The molecule has 1 heteroatoms. The molecule has 15 heavy (non-hydrogen) atoms. The van der Waals surface area contributed by atoms with E-state index in [1.807, 2.05) is 37.3 Å². The molecule has 1 aromatic carbocycles. The van der Waals surface area contributed by atoms with Crippen LogP contribution in [0.4, 0.5) is 0 Å². The summed E-state index contributed by atoms with van der Waals surface area (Å²) >= 11 is 0. The van der Waals surface area contributed by atoms with Gasteiger partial charge in [0.15, 0.2) is 0 Å². The Balaban J connectivity index is 2.15. The predicted molar refractivity (Wildman–Crippen MR) is 61.4 cm³/mol. The number of hydrogen-bond donors (Lipinski definition) is 0. The minimum absolute atomic E-state index is 0.340. The summed E-state index contributed by atoms with van der Waals surface area (Å²) in [6, 6.07) is 9.96. The molecule has 1 aliphatic heterocycles. The third-order valence-corrected chi connectivity index (χ3v) is 2.43. The van der Waals surface area contributed by atoms with Crippen LogP contribution in [0.3, 0.4) is 0 Å². The quantitative estimate of drug-likeness (QED) is 0.460. The Morgan fingerprint density at radius 2 is 2.07 bits per heavy atom. The molecule has 1 aromatic rings. The topological polar surface area (TPSA) is 9.23 Å². The second-order valence-electron chi connectivity index (χ2n) is 4.06. The molecule has 1 fully saturated rings. The molecule has 1 aliphatic rings. The van der Waals surface area contributed by atoms with Crippen LogP contribution in [-0.4, -0.2) is 12.2 Å².